The van der Waals surface area contributed by atoms with Crippen LogP contribution in [0.25, 0.3) is 0 Å². The Bertz CT molecular complexity index is 911. The molecule has 1 aliphatic heterocycles. The first-order valence-electron chi connectivity index (χ1n) is 8.49. The van der Waals surface area contributed by atoms with Crippen molar-refractivity contribution in [3.8, 4) is 23.3 Å². The lowest BCUT2D eigenvalue weighted by molar-refractivity contribution is 0.0955. The zero-order chi connectivity index (χ0) is 19.4. The number of benzene rings is 2. The molecule has 0 unspecified atom stereocenters. The van der Waals surface area contributed by atoms with Crippen molar-refractivity contribution < 1.29 is 18.7 Å². The largest absolute Gasteiger partial charge is 0.483 e. The number of hydrogen-bond donors (Lipinski definition) is 1. The normalized spacial score (nSPS) is 13.8. The van der Waals surface area contributed by atoms with Crippen LogP contribution in [0.4, 0.5) is 4.39 Å². The molecule has 140 valence electrons. The summed E-state index contributed by atoms with van der Waals surface area (Å²) in [4.78, 5) is 12.0. The van der Waals surface area contributed by atoms with Crippen LogP contribution in [0, 0.1) is 17.7 Å². The SMILES string of the molecule is CC1(C)Cc2cccc(OCC#CCNC(=O)c3c(F)cccc3Cl)c2O1. The first-order valence-corrected chi connectivity index (χ1v) is 8.87. The van der Waals surface area contributed by atoms with Crippen LogP contribution in [0.3, 0.4) is 0 Å². The molecule has 0 spiro atoms. The molecule has 1 heterocycles. The molecule has 0 atom stereocenters. The lowest BCUT2D eigenvalue weighted by Crippen LogP contribution is -2.25. The Morgan fingerprint density at radius 1 is 1.30 bits per heavy atom. The number of nitrogens with one attached hydrogen (secondary N) is 1. The number of fused-ring (bicyclic) bond motifs is 1. The second kappa shape index (κ2) is 7.89. The molecule has 0 aliphatic carbocycles. The fraction of sp³-hybridized carbons (Fsp3) is 0.286. The highest BCUT2D eigenvalue weighted by Crippen LogP contribution is 2.41. The predicted molar refractivity (Wildman–Crippen MR) is 102 cm³/mol. The summed E-state index contributed by atoms with van der Waals surface area (Å²) in [5, 5.41) is 2.57. The van der Waals surface area contributed by atoms with Crippen LogP contribution >= 0.6 is 11.6 Å². The van der Waals surface area contributed by atoms with Gasteiger partial charge in [0.25, 0.3) is 5.91 Å². The third kappa shape index (κ3) is 4.53. The number of ether oxygens (including phenoxy) is 2. The van der Waals surface area contributed by atoms with Crippen LogP contribution in [0.15, 0.2) is 36.4 Å². The van der Waals surface area contributed by atoms with Gasteiger partial charge in [0, 0.05) is 12.0 Å². The summed E-state index contributed by atoms with van der Waals surface area (Å²) in [5.41, 5.74) is 0.683. The van der Waals surface area contributed by atoms with Crippen molar-refractivity contribution in [1.82, 2.24) is 5.32 Å². The molecule has 1 N–H and O–H groups in total. The van der Waals surface area contributed by atoms with Crippen molar-refractivity contribution in [2.45, 2.75) is 25.9 Å². The fourth-order valence-corrected chi connectivity index (χ4v) is 3.10. The summed E-state index contributed by atoms with van der Waals surface area (Å²) in [5.74, 6) is 5.71. The quantitative estimate of drug-likeness (QED) is 0.806. The average molecular weight is 388 g/mol. The van der Waals surface area contributed by atoms with Crippen LogP contribution in [0.2, 0.25) is 5.02 Å². The summed E-state index contributed by atoms with van der Waals surface area (Å²) in [7, 11) is 0. The van der Waals surface area contributed by atoms with E-state index in [4.69, 9.17) is 21.1 Å². The second-order valence-corrected chi connectivity index (χ2v) is 7.11. The minimum absolute atomic E-state index is 0.0588. The van der Waals surface area contributed by atoms with Gasteiger partial charge >= 0.3 is 0 Å². The van der Waals surface area contributed by atoms with E-state index in [-0.39, 0.29) is 29.3 Å². The van der Waals surface area contributed by atoms with Gasteiger partial charge in [0.05, 0.1) is 17.1 Å². The minimum atomic E-state index is -0.669. The smallest absolute Gasteiger partial charge is 0.256 e. The molecular weight excluding hydrogens is 369 g/mol. The Morgan fingerprint density at radius 2 is 2.07 bits per heavy atom. The predicted octanol–water partition coefficient (Wildman–Crippen LogP) is 4.00. The van der Waals surface area contributed by atoms with Crippen molar-refractivity contribution in [2.75, 3.05) is 13.2 Å². The van der Waals surface area contributed by atoms with E-state index in [1.165, 1.54) is 18.2 Å². The standard InChI is InChI=1S/C21H19ClFNO3/c1-21(2)13-14-7-5-10-17(19(14)27-21)26-12-4-3-11-24-20(25)18-15(22)8-6-9-16(18)23/h5-10H,11-13H2,1-2H3,(H,24,25). The molecule has 0 aromatic heterocycles. The summed E-state index contributed by atoms with van der Waals surface area (Å²) in [6.45, 7) is 4.27. The Hall–Kier alpha value is -2.71. The van der Waals surface area contributed by atoms with Gasteiger partial charge in [-0.25, -0.2) is 4.39 Å². The number of para-hydroxylation sites is 1. The van der Waals surface area contributed by atoms with Crippen LogP contribution in [0.5, 0.6) is 11.5 Å². The van der Waals surface area contributed by atoms with E-state index in [9.17, 15) is 9.18 Å². The van der Waals surface area contributed by atoms with E-state index in [1.54, 1.807) is 0 Å². The molecule has 1 amide bonds. The first kappa shape index (κ1) is 19.1. The molecule has 0 saturated heterocycles. The summed E-state index contributed by atoms with van der Waals surface area (Å²) in [6, 6.07) is 9.86. The monoisotopic (exact) mass is 387 g/mol. The Labute approximate surface area is 162 Å². The summed E-state index contributed by atoms with van der Waals surface area (Å²) < 4.78 is 25.3. The average Bonchev–Trinajstić information content (AvgIpc) is 2.92. The van der Waals surface area contributed by atoms with Gasteiger partial charge in [-0.05, 0) is 32.0 Å². The zero-order valence-electron chi connectivity index (χ0n) is 15.1. The maximum absolute atomic E-state index is 13.7. The number of rotatable bonds is 4. The van der Waals surface area contributed by atoms with E-state index < -0.39 is 11.7 Å². The lowest BCUT2D eigenvalue weighted by atomic mass is 10.0. The van der Waals surface area contributed by atoms with E-state index in [0.717, 1.165) is 17.7 Å². The molecule has 3 rings (SSSR count). The van der Waals surface area contributed by atoms with Gasteiger partial charge in [0.1, 0.15) is 18.0 Å². The van der Waals surface area contributed by atoms with Crippen molar-refractivity contribution in [2.24, 2.45) is 0 Å². The van der Waals surface area contributed by atoms with Gasteiger partial charge in [-0.1, -0.05) is 41.6 Å². The number of carbonyl (C=O) groups is 1. The van der Waals surface area contributed by atoms with Crippen molar-refractivity contribution in [3.05, 3.63) is 58.4 Å². The molecular formula is C21H19ClFNO3. The summed E-state index contributed by atoms with van der Waals surface area (Å²) in [6.07, 6.45) is 0.829. The van der Waals surface area contributed by atoms with Gasteiger partial charge in [0.15, 0.2) is 11.5 Å². The molecule has 2 aromatic rings. The van der Waals surface area contributed by atoms with Crippen molar-refractivity contribution in [3.63, 3.8) is 0 Å². The number of amides is 1. The third-order valence-electron chi connectivity index (χ3n) is 4.01. The molecule has 0 fully saturated rings. The van der Waals surface area contributed by atoms with E-state index in [0.29, 0.717) is 5.75 Å². The molecule has 2 aromatic carbocycles. The van der Waals surface area contributed by atoms with Crippen LogP contribution in [-0.4, -0.2) is 24.7 Å². The molecule has 4 nitrogen and oxygen atoms in total. The molecule has 0 saturated carbocycles. The van der Waals surface area contributed by atoms with E-state index >= 15 is 0 Å². The molecule has 6 heteroatoms. The van der Waals surface area contributed by atoms with Gasteiger partial charge < -0.3 is 14.8 Å². The van der Waals surface area contributed by atoms with Gasteiger partial charge in [-0.15, -0.1) is 0 Å². The van der Waals surface area contributed by atoms with Gasteiger partial charge in [-0.3, -0.25) is 4.79 Å². The molecule has 1 aliphatic rings. The Kier molecular flexibility index (Phi) is 5.57. The third-order valence-corrected chi connectivity index (χ3v) is 4.32. The highest BCUT2D eigenvalue weighted by Gasteiger charge is 2.32. The zero-order valence-corrected chi connectivity index (χ0v) is 15.8. The molecule has 0 bridgehead atoms. The highest BCUT2D eigenvalue weighted by molar-refractivity contribution is 6.33. The van der Waals surface area contributed by atoms with Crippen LogP contribution in [-0.2, 0) is 6.42 Å². The van der Waals surface area contributed by atoms with Gasteiger partial charge in [-0.2, -0.15) is 0 Å². The van der Waals surface area contributed by atoms with E-state index in [2.05, 4.69) is 17.2 Å². The van der Waals surface area contributed by atoms with E-state index in [1.807, 2.05) is 32.0 Å². The molecule has 27 heavy (non-hydrogen) atoms. The highest BCUT2D eigenvalue weighted by atomic mass is 35.5. The topological polar surface area (TPSA) is 47.6 Å². The number of halogens is 2. The number of carbonyl (C=O) groups excluding carboxylic acids is 1. The van der Waals surface area contributed by atoms with Crippen LogP contribution in [0.1, 0.15) is 29.8 Å². The van der Waals surface area contributed by atoms with Crippen molar-refractivity contribution >= 4 is 17.5 Å². The summed E-state index contributed by atoms with van der Waals surface area (Å²) >= 11 is 5.85. The first-order chi connectivity index (χ1) is 12.9. The van der Waals surface area contributed by atoms with Crippen LogP contribution < -0.4 is 14.8 Å². The minimum Gasteiger partial charge on any atom is -0.483 e. The lowest BCUT2D eigenvalue weighted by Gasteiger charge is -2.17. The Morgan fingerprint density at radius 3 is 2.85 bits per heavy atom. The Balaban J connectivity index is 1.52. The second-order valence-electron chi connectivity index (χ2n) is 6.70. The van der Waals surface area contributed by atoms with Gasteiger partial charge in [0.2, 0.25) is 0 Å². The molecule has 0 radical (unpaired) electrons. The fourth-order valence-electron chi connectivity index (χ4n) is 2.86. The number of hydrogen-bond acceptors (Lipinski definition) is 3. The maximum atomic E-state index is 13.7. The van der Waals surface area contributed by atoms with Crippen molar-refractivity contribution in [1.29, 1.82) is 0 Å². The maximum Gasteiger partial charge on any atom is 0.256 e.